The van der Waals surface area contributed by atoms with Gasteiger partial charge in [-0.1, -0.05) is 23.9 Å². The van der Waals surface area contributed by atoms with Crippen molar-refractivity contribution in [2.45, 2.75) is 36.6 Å². The van der Waals surface area contributed by atoms with Crippen LogP contribution in [0.5, 0.6) is 0 Å². The monoisotopic (exact) mass is 372 g/mol. The van der Waals surface area contributed by atoms with Gasteiger partial charge in [-0.15, -0.1) is 11.3 Å². The van der Waals surface area contributed by atoms with Gasteiger partial charge in [0.15, 0.2) is 5.16 Å². The van der Waals surface area contributed by atoms with Crippen molar-refractivity contribution in [3.8, 4) is 0 Å². The van der Waals surface area contributed by atoms with Crippen molar-refractivity contribution >= 4 is 39.3 Å². The molecule has 0 aliphatic heterocycles. The van der Waals surface area contributed by atoms with E-state index in [4.69, 9.17) is 5.11 Å². The van der Waals surface area contributed by atoms with Crippen LogP contribution in [0, 0.1) is 0 Å². The summed E-state index contributed by atoms with van der Waals surface area (Å²) in [5.41, 5.74) is 2.41. The van der Waals surface area contributed by atoms with Crippen molar-refractivity contribution < 1.29 is 9.90 Å². The first kappa shape index (κ1) is 16.4. The normalized spacial score (nSPS) is 13.8. The fourth-order valence-corrected chi connectivity index (χ4v) is 5.24. The molecule has 7 heteroatoms. The van der Waals surface area contributed by atoms with Crippen LogP contribution >= 0.6 is 23.1 Å². The largest absolute Gasteiger partial charge is 0.478 e. The summed E-state index contributed by atoms with van der Waals surface area (Å²) in [6.45, 7) is 0. The standard InChI is InChI=1S/C18H16N2O3S2/c21-15-14-12-3-1-2-4-13(12)25-16(14)20-18(19-15)24-9-10-5-7-11(8-6-10)17(22)23/h5-8H,1-4,9H2,(H,22,23)(H,19,20,21). The number of H-pyrrole nitrogens is 1. The van der Waals surface area contributed by atoms with Gasteiger partial charge in [0, 0.05) is 10.6 Å². The zero-order chi connectivity index (χ0) is 17.4. The molecule has 1 aromatic carbocycles. The SMILES string of the molecule is O=C(O)c1ccc(CSc2nc3sc4c(c3c(=O)[nH]2)CCCC4)cc1. The molecule has 2 heterocycles. The van der Waals surface area contributed by atoms with Gasteiger partial charge >= 0.3 is 5.97 Å². The molecule has 5 nitrogen and oxygen atoms in total. The first-order valence-corrected chi connectivity index (χ1v) is 9.91. The summed E-state index contributed by atoms with van der Waals surface area (Å²) in [4.78, 5) is 33.1. The third kappa shape index (κ3) is 3.21. The number of nitrogens with zero attached hydrogens (tertiary/aromatic N) is 1. The van der Waals surface area contributed by atoms with Gasteiger partial charge in [0.1, 0.15) is 4.83 Å². The van der Waals surface area contributed by atoms with Crippen LogP contribution in [0.4, 0.5) is 0 Å². The second-order valence-electron chi connectivity index (χ2n) is 6.05. The molecule has 0 fully saturated rings. The van der Waals surface area contributed by atoms with Crippen LogP contribution in [0.3, 0.4) is 0 Å². The number of carboxylic acid groups (broad SMARTS) is 1. The molecule has 128 valence electrons. The van der Waals surface area contributed by atoms with E-state index >= 15 is 0 Å². The van der Waals surface area contributed by atoms with Crippen LogP contribution < -0.4 is 5.56 Å². The molecular weight excluding hydrogens is 356 g/mol. The molecule has 0 saturated heterocycles. The quantitative estimate of drug-likeness (QED) is 0.537. The van der Waals surface area contributed by atoms with Crippen molar-refractivity contribution in [3.63, 3.8) is 0 Å². The van der Waals surface area contributed by atoms with E-state index in [0.717, 1.165) is 35.0 Å². The van der Waals surface area contributed by atoms with Crippen LogP contribution in [0.25, 0.3) is 10.2 Å². The van der Waals surface area contributed by atoms with E-state index in [-0.39, 0.29) is 11.1 Å². The van der Waals surface area contributed by atoms with Crippen LogP contribution in [0.15, 0.2) is 34.2 Å². The minimum Gasteiger partial charge on any atom is -0.478 e. The Bertz CT molecular complexity index is 1010. The molecule has 1 aliphatic carbocycles. The smallest absolute Gasteiger partial charge is 0.335 e. The summed E-state index contributed by atoms with van der Waals surface area (Å²) in [5.74, 6) is -0.309. The Morgan fingerprint density at radius 2 is 2.00 bits per heavy atom. The Morgan fingerprint density at radius 3 is 2.76 bits per heavy atom. The highest BCUT2D eigenvalue weighted by molar-refractivity contribution is 7.98. The number of carboxylic acids is 1. The highest BCUT2D eigenvalue weighted by Gasteiger charge is 2.19. The lowest BCUT2D eigenvalue weighted by molar-refractivity contribution is 0.0697. The van der Waals surface area contributed by atoms with E-state index in [1.807, 2.05) is 0 Å². The number of fused-ring (bicyclic) bond motifs is 3. The summed E-state index contributed by atoms with van der Waals surface area (Å²) >= 11 is 3.10. The highest BCUT2D eigenvalue weighted by Crippen LogP contribution is 2.34. The number of thiophene rings is 1. The van der Waals surface area contributed by atoms with E-state index < -0.39 is 5.97 Å². The molecular formula is C18H16N2O3S2. The molecule has 0 spiro atoms. The van der Waals surface area contributed by atoms with Crippen molar-refractivity contribution in [2.24, 2.45) is 0 Å². The molecule has 2 N–H and O–H groups in total. The summed E-state index contributed by atoms with van der Waals surface area (Å²) in [6.07, 6.45) is 4.35. The molecule has 0 amide bonds. The number of aromatic carboxylic acids is 1. The lowest BCUT2D eigenvalue weighted by atomic mass is 9.97. The summed E-state index contributed by atoms with van der Waals surface area (Å²) < 4.78 is 0. The summed E-state index contributed by atoms with van der Waals surface area (Å²) in [5, 5.41) is 10.3. The average Bonchev–Trinajstić information content (AvgIpc) is 2.99. The fourth-order valence-electron chi connectivity index (χ4n) is 3.11. The van der Waals surface area contributed by atoms with Crippen molar-refractivity contribution in [3.05, 3.63) is 56.2 Å². The Balaban J connectivity index is 1.57. The van der Waals surface area contributed by atoms with Crippen LogP contribution in [0.2, 0.25) is 0 Å². The number of rotatable bonds is 4. The number of aryl methyl sites for hydroxylation is 2. The fraction of sp³-hybridized carbons (Fsp3) is 0.278. The molecule has 2 aromatic heterocycles. The minimum atomic E-state index is -0.933. The van der Waals surface area contributed by atoms with Crippen LogP contribution in [-0.2, 0) is 18.6 Å². The van der Waals surface area contributed by atoms with Crippen molar-refractivity contribution in [2.75, 3.05) is 0 Å². The van der Waals surface area contributed by atoms with Gasteiger partial charge in [0.2, 0.25) is 0 Å². The molecule has 0 bridgehead atoms. The van der Waals surface area contributed by atoms with E-state index in [9.17, 15) is 9.59 Å². The van der Waals surface area contributed by atoms with E-state index in [1.165, 1.54) is 28.6 Å². The maximum absolute atomic E-state index is 12.5. The number of hydrogen-bond acceptors (Lipinski definition) is 5. The average molecular weight is 372 g/mol. The molecule has 25 heavy (non-hydrogen) atoms. The number of hydrogen-bond donors (Lipinski definition) is 2. The van der Waals surface area contributed by atoms with Crippen LogP contribution in [-0.4, -0.2) is 21.0 Å². The van der Waals surface area contributed by atoms with E-state index in [1.54, 1.807) is 35.6 Å². The maximum atomic E-state index is 12.5. The molecule has 0 atom stereocenters. The predicted molar refractivity (Wildman–Crippen MR) is 99.8 cm³/mol. The van der Waals surface area contributed by atoms with Gasteiger partial charge in [-0.25, -0.2) is 9.78 Å². The lowest BCUT2D eigenvalue weighted by Crippen LogP contribution is -2.10. The molecule has 0 saturated carbocycles. The first-order valence-electron chi connectivity index (χ1n) is 8.11. The zero-order valence-electron chi connectivity index (χ0n) is 13.4. The molecule has 0 radical (unpaired) electrons. The second-order valence-corrected chi connectivity index (χ2v) is 8.10. The van der Waals surface area contributed by atoms with E-state index in [0.29, 0.717) is 10.9 Å². The zero-order valence-corrected chi connectivity index (χ0v) is 15.0. The number of aromatic amines is 1. The maximum Gasteiger partial charge on any atom is 0.335 e. The summed E-state index contributed by atoms with van der Waals surface area (Å²) in [6, 6.07) is 6.75. The highest BCUT2D eigenvalue weighted by atomic mass is 32.2. The van der Waals surface area contributed by atoms with Crippen molar-refractivity contribution in [1.29, 1.82) is 0 Å². The Kier molecular flexibility index (Phi) is 4.35. The molecule has 0 unspecified atom stereocenters. The third-order valence-corrected chi connectivity index (χ3v) is 6.51. The Labute approximate surface area is 152 Å². The molecule has 3 aromatic rings. The van der Waals surface area contributed by atoms with Gasteiger partial charge in [-0.2, -0.15) is 0 Å². The topological polar surface area (TPSA) is 83.0 Å². The van der Waals surface area contributed by atoms with Gasteiger partial charge < -0.3 is 10.1 Å². The molecule has 1 aliphatic rings. The van der Waals surface area contributed by atoms with Gasteiger partial charge in [0.25, 0.3) is 5.56 Å². The third-order valence-electron chi connectivity index (χ3n) is 4.38. The Morgan fingerprint density at radius 1 is 1.24 bits per heavy atom. The number of nitrogens with one attached hydrogen (secondary N) is 1. The minimum absolute atomic E-state index is 0.0480. The van der Waals surface area contributed by atoms with E-state index in [2.05, 4.69) is 9.97 Å². The first-order chi connectivity index (χ1) is 12.1. The predicted octanol–water partition coefficient (Wildman–Crippen LogP) is 3.85. The number of benzene rings is 1. The van der Waals surface area contributed by atoms with Crippen molar-refractivity contribution in [1.82, 2.24) is 9.97 Å². The second kappa shape index (κ2) is 6.65. The lowest BCUT2D eigenvalue weighted by Gasteiger charge is -2.09. The number of carbonyl (C=O) groups is 1. The number of aromatic nitrogens is 2. The van der Waals surface area contributed by atoms with Gasteiger partial charge in [-0.3, -0.25) is 4.79 Å². The van der Waals surface area contributed by atoms with Gasteiger partial charge in [-0.05, 0) is 48.9 Å². The summed E-state index contributed by atoms with van der Waals surface area (Å²) in [7, 11) is 0. The molecule has 4 rings (SSSR count). The van der Waals surface area contributed by atoms with Crippen LogP contribution in [0.1, 0.15) is 39.2 Å². The Hall–Kier alpha value is -2.12. The van der Waals surface area contributed by atoms with Gasteiger partial charge in [0.05, 0.1) is 10.9 Å². The number of thioether (sulfide) groups is 1.